The van der Waals surface area contributed by atoms with E-state index in [0.29, 0.717) is 0 Å². The zero-order chi connectivity index (χ0) is 14.1. The highest BCUT2D eigenvalue weighted by Crippen LogP contribution is 2.26. The van der Waals surface area contributed by atoms with Crippen LogP contribution in [0.5, 0.6) is 0 Å². The molecular formula is C16H18N4. The van der Waals surface area contributed by atoms with E-state index >= 15 is 0 Å². The van der Waals surface area contributed by atoms with Gasteiger partial charge in [-0.3, -0.25) is 9.67 Å². The fourth-order valence-corrected chi connectivity index (χ4v) is 2.57. The van der Waals surface area contributed by atoms with Gasteiger partial charge in [-0.15, -0.1) is 0 Å². The van der Waals surface area contributed by atoms with Gasteiger partial charge < -0.3 is 5.73 Å². The van der Waals surface area contributed by atoms with Gasteiger partial charge in [0.05, 0.1) is 17.4 Å². The quantitative estimate of drug-likeness (QED) is 0.792. The Morgan fingerprint density at radius 3 is 2.90 bits per heavy atom. The predicted molar refractivity (Wildman–Crippen MR) is 80.4 cm³/mol. The van der Waals surface area contributed by atoms with Crippen LogP contribution in [-0.4, -0.2) is 14.8 Å². The van der Waals surface area contributed by atoms with Crippen LogP contribution in [0.2, 0.25) is 0 Å². The van der Waals surface area contributed by atoms with Crippen LogP contribution in [0.25, 0.3) is 10.8 Å². The first-order valence-corrected chi connectivity index (χ1v) is 6.81. The lowest BCUT2D eigenvalue weighted by atomic mass is 9.98. The predicted octanol–water partition coefficient (Wildman–Crippen LogP) is 2.58. The van der Waals surface area contributed by atoms with Crippen LogP contribution in [0.3, 0.4) is 0 Å². The summed E-state index contributed by atoms with van der Waals surface area (Å²) in [5.41, 5.74) is 9.64. The summed E-state index contributed by atoms with van der Waals surface area (Å²) >= 11 is 0. The SMILES string of the molecule is CCc1cc(C(N)c2cccc3ccncc23)n(C)n1. The zero-order valence-corrected chi connectivity index (χ0v) is 11.7. The molecule has 3 rings (SSSR count). The van der Waals surface area contributed by atoms with Gasteiger partial charge in [0.25, 0.3) is 0 Å². The number of rotatable bonds is 3. The van der Waals surface area contributed by atoms with Crippen molar-refractivity contribution in [3.63, 3.8) is 0 Å². The van der Waals surface area contributed by atoms with E-state index in [0.717, 1.165) is 34.1 Å². The van der Waals surface area contributed by atoms with Crippen LogP contribution in [0.15, 0.2) is 42.7 Å². The summed E-state index contributed by atoms with van der Waals surface area (Å²) in [6.07, 6.45) is 4.59. The van der Waals surface area contributed by atoms with Crippen molar-refractivity contribution in [3.8, 4) is 0 Å². The molecule has 2 N–H and O–H groups in total. The summed E-state index contributed by atoms with van der Waals surface area (Å²) in [4.78, 5) is 4.22. The zero-order valence-electron chi connectivity index (χ0n) is 11.7. The molecule has 0 fully saturated rings. The topological polar surface area (TPSA) is 56.7 Å². The Morgan fingerprint density at radius 1 is 1.30 bits per heavy atom. The molecule has 4 nitrogen and oxygen atoms in total. The van der Waals surface area contributed by atoms with E-state index in [1.54, 1.807) is 6.20 Å². The maximum atomic E-state index is 6.46. The standard InChI is InChI=1S/C16H18N4/c1-3-12-9-15(20(2)19-12)16(17)13-6-4-5-11-7-8-18-10-14(11)13/h4-10,16H,3,17H2,1-2H3. The van der Waals surface area contributed by atoms with Gasteiger partial charge in [-0.1, -0.05) is 25.1 Å². The molecule has 1 aromatic carbocycles. The number of aromatic nitrogens is 3. The van der Waals surface area contributed by atoms with Crippen molar-refractivity contribution in [2.75, 3.05) is 0 Å². The molecule has 0 amide bonds. The summed E-state index contributed by atoms with van der Waals surface area (Å²) in [7, 11) is 1.94. The van der Waals surface area contributed by atoms with Gasteiger partial charge in [-0.25, -0.2) is 0 Å². The Bertz CT molecular complexity index is 740. The molecule has 3 aromatic rings. The monoisotopic (exact) mass is 266 g/mol. The molecule has 0 bridgehead atoms. The molecule has 0 spiro atoms. The molecule has 1 atom stereocenters. The Balaban J connectivity index is 2.12. The second kappa shape index (κ2) is 5.06. The molecule has 0 saturated carbocycles. The summed E-state index contributed by atoms with van der Waals surface area (Å²) in [5, 5.41) is 6.73. The van der Waals surface area contributed by atoms with E-state index in [1.807, 2.05) is 30.1 Å². The molecule has 0 aliphatic rings. The summed E-state index contributed by atoms with van der Waals surface area (Å²) in [6, 6.07) is 10.1. The third-order valence-corrected chi connectivity index (χ3v) is 3.70. The number of nitrogens with zero attached hydrogens (tertiary/aromatic N) is 3. The normalized spacial score (nSPS) is 12.8. The molecule has 1 unspecified atom stereocenters. The van der Waals surface area contributed by atoms with Crippen LogP contribution < -0.4 is 5.73 Å². The van der Waals surface area contributed by atoms with Crippen LogP contribution in [-0.2, 0) is 13.5 Å². The lowest BCUT2D eigenvalue weighted by Crippen LogP contribution is -2.16. The molecule has 102 valence electrons. The lowest BCUT2D eigenvalue weighted by molar-refractivity contribution is 0.667. The van der Waals surface area contributed by atoms with Gasteiger partial charge in [0.2, 0.25) is 0 Å². The minimum absolute atomic E-state index is 0.194. The number of fused-ring (bicyclic) bond motifs is 1. The van der Waals surface area contributed by atoms with E-state index in [2.05, 4.69) is 35.2 Å². The van der Waals surface area contributed by atoms with E-state index < -0.39 is 0 Å². The minimum Gasteiger partial charge on any atom is -0.319 e. The summed E-state index contributed by atoms with van der Waals surface area (Å²) in [6.45, 7) is 2.10. The third kappa shape index (κ3) is 2.08. The van der Waals surface area contributed by atoms with Gasteiger partial charge in [0.15, 0.2) is 0 Å². The summed E-state index contributed by atoms with van der Waals surface area (Å²) in [5.74, 6) is 0. The van der Waals surface area contributed by atoms with Gasteiger partial charge in [-0.05, 0) is 29.5 Å². The van der Waals surface area contributed by atoms with E-state index in [-0.39, 0.29) is 6.04 Å². The van der Waals surface area contributed by atoms with Gasteiger partial charge in [0, 0.05) is 24.8 Å². The van der Waals surface area contributed by atoms with Crippen molar-refractivity contribution in [1.82, 2.24) is 14.8 Å². The highest BCUT2D eigenvalue weighted by atomic mass is 15.3. The number of hydrogen-bond acceptors (Lipinski definition) is 3. The maximum absolute atomic E-state index is 6.46. The molecule has 0 radical (unpaired) electrons. The van der Waals surface area contributed by atoms with Gasteiger partial charge >= 0.3 is 0 Å². The molecular weight excluding hydrogens is 248 g/mol. The largest absolute Gasteiger partial charge is 0.319 e. The first-order valence-electron chi connectivity index (χ1n) is 6.81. The molecule has 20 heavy (non-hydrogen) atoms. The van der Waals surface area contributed by atoms with Crippen molar-refractivity contribution < 1.29 is 0 Å². The maximum Gasteiger partial charge on any atom is 0.0729 e. The third-order valence-electron chi connectivity index (χ3n) is 3.70. The van der Waals surface area contributed by atoms with Crippen molar-refractivity contribution in [2.24, 2.45) is 12.8 Å². The van der Waals surface area contributed by atoms with E-state index in [4.69, 9.17) is 5.73 Å². The van der Waals surface area contributed by atoms with Crippen LogP contribution >= 0.6 is 0 Å². The fourth-order valence-electron chi connectivity index (χ4n) is 2.57. The minimum atomic E-state index is -0.194. The van der Waals surface area contributed by atoms with Crippen LogP contribution in [0.4, 0.5) is 0 Å². The average Bonchev–Trinajstić information content (AvgIpc) is 2.87. The molecule has 4 heteroatoms. The smallest absolute Gasteiger partial charge is 0.0729 e. The molecule has 0 aliphatic heterocycles. The van der Waals surface area contributed by atoms with Crippen LogP contribution in [0, 0.1) is 0 Å². The Labute approximate surface area is 118 Å². The van der Waals surface area contributed by atoms with E-state index in [9.17, 15) is 0 Å². The second-order valence-electron chi connectivity index (χ2n) is 4.96. The van der Waals surface area contributed by atoms with Crippen molar-refractivity contribution in [2.45, 2.75) is 19.4 Å². The number of aryl methyl sites for hydroxylation is 2. The van der Waals surface area contributed by atoms with Crippen molar-refractivity contribution >= 4 is 10.8 Å². The lowest BCUT2D eigenvalue weighted by Gasteiger charge is -2.14. The van der Waals surface area contributed by atoms with Gasteiger partial charge in [-0.2, -0.15) is 5.10 Å². The Kier molecular flexibility index (Phi) is 3.24. The molecule has 2 aromatic heterocycles. The van der Waals surface area contributed by atoms with E-state index in [1.165, 1.54) is 0 Å². The van der Waals surface area contributed by atoms with Crippen molar-refractivity contribution in [3.05, 3.63) is 59.7 Å². The number of hydrogen-bond donors (Lipinski definition) is 1. The number of nitrogens with two attached hydrogens (primary N) is 1. The van der Waals surface area contributed by atoms with Crippen LogP contribution in [0.1, 0.15) is 29.9 Å². The van der Waals surface area contributed by atoms with Crippen molar-refractivity contribution in [1.29, 1.82) is 0 Å². The number of benzene rings is 1. The first-order chi connectivity index (χ1) is 9.70. The Hall–Kier alpha value is -2.20. The molecule has 0 saturated heterocycles. The fraction of sp³-hybridized carbons (Fsp3) is 0.250. The molecule has 2 heterocycles. The highest BCUT2D eigenvalue weighted by molar-refractivity contribution is 5.85. The average molecular weight is 266 g/mol. The number of pyridine rings is 1. The Morgan fingerprint density at radius 2 is 2.15 bits per heavy atom. The molecule has 0 aliphatic carbocycles. The van der Waals surface area contributed by atoms with Gasteiger partial charge in [0.1, 0.15) is 0 Å². The summed E-state index contributed by atoms with van der Waals surface area (Å²) < 4.78 is 1.87. The first kappa shape index (κ1) is 12.8. The highest BCUT2D eigenvalue weighted by Gasteiger charge is 2.16. The second-order valence-corrected chi connectivity index (χ2v) is 4.96.